The molecule has 1 N–H and O–H groups in total. The second kappa shape index (κ2) is 6.89. The zero-order valence-electron chi connectivity index (χ0n) is 14.5. The number of hydrogen-bond acceptors (Lipinski definition) is 5. The summed E-state index contributed by atoms with van der Waals surface area (Å²) in [5.41, 5.74) is 0.398. The largest absolute Gasteiger partial charge is 0.493 e. The molecule has 1 unspecified atom stereocenters. The van der Waals surface area contributed by atoms with E-state index in [0.29, 0.717) is 19.6 Å². The monoisotopic (exact) mass is 335 g/mol. The van der Waals surface area contributed by atoms with Crippen LogP contribution in [0.5, 0.6) is 11.5 Å². The molecule has 2 aliphatic rings. The van der Waals surface area contributed by atoms with Crippen LogP contribution in [0.25, 0.3) is 0 Å². The van der Waals surface area contributed by atoms with Crippen LogP contribution in [0.3, 0.4) is 0 Å². The Bertz CT molecular complexity index is 590. The number of hydrogen-bond donors (Lipinski definition) is 1. The number of benzene rings is 1. The Hall–Kier alpha value is -1.95. The molecule has 1 aromatic carbocycles. The average molecular weight is 335 g/mol. The van der Waals surface area contributed by atoms with Crippen molar-refractivity contribution in [1.29, 1.82) is 0 Å². The van der Waals surface area contributed by atoms with Gasteiger partial charge in [0.2, 0.25) is 0 Å². The van der Waals surface area contributed by atoms with Crippen LogP contribution in [0.15, 0.2) is 18.2 Å². The Morgan fingerprint density at radius 3 is 2.79 bits per heavy atom. The van der Waals surface area contributed by atoms with Crippen LogP contribution in [0.4, 0.5) is 4.79 Å². The molecule has 1 saturated heterocycles. The molecule has 2 aliphatic heterocycles. The molecule has 24 heavy (non-hydrogen) atoms. The molecule has 1 fully saturated rings. The van der Waals surface area contributed by atoms with Crippen LogP contribution >= 0.6 is 0 Å². The minimum atomic E-state index is -0.522. The lowest BCUT2D eigenvalue weighted by Crippen LogP contribution is -2.36. The number of alkyl carbamates (subject to hydrolysis) is 1. The first-order chi connectivity index (χ1) is 11.4. The molecular formula is C18H25NO5. The summed E-state index contributed by atoms with van der Waals surface area (Å²) in [4.78, 5) is 12.1. The second-order valence-electron chi connectivity index (χ2n) is 7.14. The highest BCUT2D eigenvalue weighted by Crippen LogP contribution is 2.35. The van der Waals surface area contributed by atoms with Gasteiger partial charge >= 0.3 is 6.09 Å². The molecule has 1 aromatic rings. The normalized spacial score (nSPS) is 23.1. The Morgan fingerprint density at radius 2 is 2.08 bits per heavy atom. The molecule has 0 bridgehead atoms. The minimum absolute atomic E-state index is 0.0878. The van der Waals surface area contributed by atoms with Gasteiger partial charge in [-0.15, -0.1) is 0 Å². The lowest BCUT2D eigenvalue weighted by atomic mass is 10.0. The van der Waals surface area contributed by atoms with Crippen molar-refractivity contribution in [3.05, 3.63) is 23.8 Å². The van der Waals surface area contributed by atoms with E-state index < -0.39 is 11.7 Å². The fourth-order valence-corrected chi connectivity index (χ4v) is 2.84. The van der Waals surface area contributed by atoms with E-state index >= 15 is 0 Å². The van der Waals surface area contributed by atoms with E-state index in [9.17, 15) is 4.79 Å². The number of fused-ring (bicyclic) bond motifs is 1. The fraction of sp³-hybridized carbons (Fsp3) is 0.611. The lowest BCUT2D eigenvalue weighted by Gasteiger charge is -2.28. The number of nitrogens with one attached hydrogen (secondary N) is 1. The summed E-state index contributed by atoms with van der Waals surface area (Å²) < 4.78 is 22.3. The summed E-state index contributed by atoms with van der Waals surface area (Å²) >= 11 is 0. The summed E-state index contributed by atoms with van der Waals surface area (Å²) in [5, 5.41) is 2.93. The standard InChI is InChI=1S/C18H25NO5/c1-18(2,3)24-17(20)19-15-7-9-22-16-5-4-12(10-14(15)16)23-13-6-8-21-11-13/h4-5,10,13,15H,6-9,11H2,1-3H3,(H,19,20)/t13?,15-/m0/s1. The van der Waals surface area contributed by atoms with Crippen LogP contribution in [-0.2, 0) is 9.47 Å². The molecule has 2 heterocycles. The zero-order valence-corrected chi connectivity index (χ0v) is 14.5. The van der Waals surface area contributed by atoms with E-state index in [1.165, 1.54) is 0 Å². The van der Waals surface area contributed by atoms with Crippen LogP contribution in [-0.4, -0.2) is 37.6 Å². The first-order valence-electron chi connectivity index (χ1n) is 8.41. The SMILES string of the molecule is CC(C)(C)OC(=O)N[C@H]1CCOc2ccc(OC3CCOC3)cc21. The van der Waals surface area contributed by atoms with Crippen molar-refractivity contribution >= 4 is 6.09 Å². The molecule has 6 heteroatoms. The van der Waals surface area contributed by atoms with Gasteiger partial charge in [0, 0.05) is 18.4 Å². The van der Waals surface area contributed by atoms with Crippen LogP contribution in [0.2, 0.25) is 0 Å². The summed E-state index contributed by atoms with van der Waals surface area (Å²) in [6.45, 7) is 7.46. The lowest BCUT2D eigenvalue weighted by molar-refractivity contribution is 0.0490. The van der Waals surface area contributed by atoms with Gasteiger partial charge in [0.1, 0.15) is 23.2 Å². The van der Waals surface area contributed by atoms with Crippen molar-refractivity contribution in [2.45, 2.75) is 51.4 Å². The number of rotatable bonds is 3. The summed E-state index contributed by atoms with van der Waals surface area (Å²) in [5.74, 6) is 1.54. The van der Waals surface area contributed by atoms with E-state index in [4.69, 9.17) is 18.9 Å². The average Bonchev–Trinajstić information content (AvgIpc) is 2.99. The van der Waals surface area contributed by atoms with Crippen LogP contribution < -0.4 is 14.8 Å². The molecule has 0 radical (unpaired) electrons. The maximum absolute atomic E-state index is 12.1. The number of amides is 1. The number of carbonyl (C=O) groups excluding carboxylic acids is 1. The first kappa shape index (κ1) is 16.9. The summed E-state index contributed by atoms with van der Waals surface area (Å²) in [7, 11) is 0. The van der Waals surface area contributed by atoms with E-state index in [2.05, 4.69) is 5.32 Å². The quantitative estimate of drug-likeness (QED) is 0.919. The van der Waals surface area contributed by atoms with Gasteiger partial charge in [-0.1, -0.05) is 0 Å². The number of carbonyl (C=O) groups is 1. The van der Waals surface area contributed by atoms with Gasteiger partial charge in [-0.2, -0.15) is 0 Å². The smallest absolute Gasteiger partial charge is 0.408 e. The summed E-state index contributed by atoms with van der Waals surface area (Å²) in [6, 6.07) is 5.58. The van der Waals surface area contributed by atoms with E-state index in [-0.39, 0.29) is 12.1 Å². The van der Waals surface area contributed by atoms with E-state index in [1.54, 1.807) is 0 Å². The minimum Gasteiger partial charge on any atom is -0.493 e. The molecule has 1 amide bonds. The van der Waals surface area contributed by atoms with Gasteiger partial charge in [-0.05, 0) is 39.0 Å². The van der Waals surface area contributed by atoms with E-state index in [1.807, 2.05) is 39.0 Å². The Morgan fingerprint density at radius 1 is 1.25 bits per heavy atom. The zero-order chi connectivity index (χ0) is 17.2. The van der Waals surface area contributed by atoms with Crippen molar-refractivity contribution in [3.8, 4) is 11.5 Å². The molecular weight excluding hydrogens is 310 g/mol. The predicted molar refractivity (Wildman–Crippen MR) is 88.5 cm³/mol. The molecule has 6 nitrogen and oxygen atoms in total. The maximum Gasteiger partial charge on any atom is 0.408 e. The highest BCUT2D eigenvalue weighted by Gasteiger charge is 2.27. The van der Waals surface area contributed by atoms with Gasteiger partial charge in [0.15, 0.2) is 0 Å². The van der Waals surface area contributed by atoms with Gasteiger partial charge in [-0.25, -0.2) is 4.79 Å². The molecule has 3 rings (SSSR count). The third-order valence-corrected chi connectivity index (χ3v) is 3.90. The molecule has 0 aliphatic carbocycles. The van der Waals surface area contributed by atoms with Gasteiger partial charge in [0.25, 0.3) is 0 Å². The Labute approximate surface area is 142 Å². The van der Waals surface area contributed by atoms with Crippen molar-refractivity contribution in [3.63, 3.8) is 0 Å². The van der Waals surface area contributed by atoms with Gasteiger partial charge < -0.3 is 24.3 Å². The van der Waals surface area contributed by atoms with Gasteiger partial charge in [-0.3, -0.25) is 0 Å². The molecule has 2 atom stereocenters. The number of ether oxygens (including phenoxy) is 4. The topological polar surface area (TPSA) is 66.0 Å². The maximum atomic E-state index is 12.1. The molecule has 0 spiro atoms. The van der Waals surface area contributed by atoms with Crippen LogP contribution in [0.1, 0.15) is 45.2 Å². The molecule has 132 valence electrons. The van der Waals surface area contributed by atoms with E-state index in [0.717, 1.165) is 30.1 Å². The third kappa shape index (κ3) is 4.32. The fourth-order valence-electron chi connectivity index (χ4n) is 2.84. The Kier molecular flexibility index (Phi) is 4.85. The summed E-state index contributed by atoms with van der Waals surface area (Å²) in [6.07, 6.45) is 1.26. The van der Waals surface area contributed by atoms with Crippen molar-refractivity contribution in [1.82, 2.24) is 5.32 Å². The Balaban J connectivity index is 1.71. The predicted octanol–water partition coefficient (Wildman–Crippen LogP) is 3.20. The second-order valence-corrected chi connectivity index (χ2v) is 7.14. The van der Waals surface area contributed by atoms with Crippen LogP contribution in [0, 0.1) is 0 Å². The molecule has 0 aromatic heterocycles. The van der Waals surface area contributed by atoms with Crippen molar-refractivity contribution in [2.75, 3.05) is 19.8 Å². The van der Waals surface area contributed by atoms with Crippen molar-refractivity contribution < 1.29 is 23.7 Å². The van der Waals surface area contributed by atoms with Crippen molar-refractivity contribution in [2.24, 2.45) is 0 Å². The van der Waals surface area contributed by atoms with Gasteiger partial charge in [0.05, 0.1) is 25.9 Å². The molecule has 0 saturated carbocycles. The highest BCUT2D eigenvalue weighted by molar-refractivity contribution is 5.68. The first-order valence-corrected chi connectivity index (χ1v) is 8.41. The highest BCUT2D eigenvalue weighted by atomic mass is 16.6. The third-order valence-electron chi connectivity index (χ3n) is 3.90.